The van der Waals surface area contributed by atoms with E-state index in [0.29, 0.717) is 12.4 Å². The highest BCUT2D eigenvalue weighted by Crippen LogP contribution is 2.24. The normalized spacial score (nSPS) is 10.5. The van der Waals surface area contributed by atoms with E-state index in [1.807, 2.05) is 36.4 Å². The second-order valence-corrected chi connectivity index (χ2v) is 5.02. The molecule has 2 aromatic rings. The minimum absolute atomic E-state index is 0.497. The van der Waals surface area contributed by atoms with E-state index in [-0.39, 0.29) is 0 Å². The summed E-state index contributed by atoms with van der Waals surface area (Å²) in [5.74, 6) is 1.40. The fourth-order valence-corrected chi connectivity index (χ4v) is 2.14. The Kier molecular flexibility index (Phi) is 4.82. The molecule has 100 valence electrons. The topological polar surface area (TPSA) is 48.1 Å². The summed E-state index contributed by atoms with van der Waals surface area (Å²) < 4.78 is 5.79. The molecular weight excluding hydrogens is 256 g/mol. The van der Waals surface area contributed by atoms with Gasteiger partial charge in [-0.15, -0.1) is 11.8 Å². The van der Waals surface area contributed by atoms with Crippen LogP contribution in [0.5, 0.6) is 11.6 Å². The van der Waals surface area contributed by atoms with Crippen LogP contribution in [0.3, 0.4) is 0 Å². The summed E-state index contributed by atoms with van der Waals surface area (Å²) in [6, 6.07) is 11.9. The van der Waals surface area contributed by atoms with Gasteiger partial charge in [0.05, 0.1) is 0 Å². The van der Waals surface area contributed by atoms with Gasteiger partial charge in [-0.05, 0) is 48.6 Å². The molecule has 1 aromatic carbocycles. The monoisotopic (exact) mass is 274 g/mol. The maximum absolute atomic E-state index is 5.79. The van der Waals surface area contributed by atoms with Crippen LogP contribution in [0, 0.1) is 0 Å². The number of pyridine rings is 1. The third kappa shape index (κ3) is 3.72. The Labute approximate surface area is 118 Å². The fraction of sp³-hybridized carbons (Fsp3) is 0.267. The summed E-state index contributed by atoms with van der Waals surface area (Å²) in [6.45, 7) is 2.57. The van der Waals surface area contributed by atoms with Gasteiger partial charge < -0.3 is 10.5 Å². The number of thioether (sulfide) groups is 1. The van der Waals surface area contributed by atoms with Crippen molar-refractivity contribution in [2.45, 2.75) is 24.8 Å². The number of rotatable bonds is 5. The van der Waals surface area contributed by atoms with Gasteiger partial charge in [-0.3, -0.25) is 0 Å². The molecule has 0 spiro atoms. The number of nitrogens with two attached hydrogens (primary N) is 1. The van der Waals surface area contributed by atoms with Gasteiger partial charge in [0.2, 0.25) is 5.88 Å². The third-order valence-corrected chi connectivity index (χ3v) is 3.54. The molecule has 0 aliphatic rings. The SMILES string of the molecule is CCc1cc(CN)cc(Oc2ccc(SC)cc2)n1. The van der Waals surface area contributed by atoms with Crippen LogP contribution in [0.1, 0.15) is 18.2 Å². The van der Waals surface area contributed by atoms with Crippen LogP contribution in [0.2, 0.25) is 0 Å². The molecule has 4 heteroatoms. The minimum atomic E-state index is 0.497. The maximum atomic E-state index is 5.79. The van der Waals surface area contributed by atoms with Crippen molar-refractivity contribution in [3.05, 3.63) is 47.7 Å². The van der Waals surface area contributed by atoms with Crippen molar-refractivity contribution < 1.29 is 4.74 Å². The van der Waals surface area contributed by atoms with E-state index in [0.717, 1.165) is 23.4 Å². The molecule has 0 saturated carbocycles. The largest absolute Gasteiger partial charge is 0.439 e. The van der Waals surface area contributed by atoms with E-state index in [1.54, 1.807) is 11.8 Å². The molecule has 0 radical (unpaired) electrons. The summed E-state index contributed by atoms with van der Waals surface area (Å²) >= 11 is 1.71. The molecule has 1 aromatic heterocycles. The van der Waals surface area contributed by atoms with Crippen molar-refractivity contribution in [2.75, 3.05) is 6.26 Å². The average Bonchev–Trinajstić information content (AvgIpc) is 2.47. The second kappa shape index (κ2) is 6.59. The van der Waals surface area contributed by atoms with Gasteiger partial charge in [-0.25, -0.2) is 4.98 Å². The molecule has 3 nitrogen and oxygen atoms in total. The molecule has 0 aliphatic carbocycles. The van der Waals surface area contributed by atoms with Crippen LogP contribution in [-0.2, 0) is 13.0 Å². The first-order valence-electron chi connectivity index (χ1n) is 6.27. The lowest BCUT2D eigenvalue weighted by molar-refractivity contribution is 0.459. The van der Waals surface area contributed by atoms with E-state index in [1.165, 1.54) is 4.90 Å². The summed E-state index contributed by atoms with van der Waals surface area (Å²) in [5, 5.41) is 0. The Balaban J connectivity index is 2.21. The summed E-state index contributed by atoms with van der Waals surface area (Å²) in [7, 11) is 0. The molecule has 1 heterocycles. The molecular formula is C15H18N2OS. The smallest absolute Gasteiger partial charge is 0.219 e. The predicted octanol–water partition coefficient (Wildman–Crippen LogP) is 3.62. The molecule has 0 unspecified atom stereocenters. The van der Waals surface area contributed by atoms with E-state index in [2.05, 4.69) is 18.2 Å². The molecule has 0 bridgehead atoms. The van der Waals surface area contributed by atoms with Crippen LogP contribution in [-0.4, -0.2) is 11.2 Å². The van der Waals surface area contributed by atoms with Gasteiger partial charge in [0.1, 0.15) is 5.75 Å². The van der Waals surface area contributed by atoms with Gasteiger partial charge in [0, 0.05) is 23.2 Å². The molecule has 0 atom stereocenters. The first kappa shape index (κ1) is 13.9. The Morgan fingerprint density at radius 1 is 1.21 bits per heavy atom. The molecule has 0 saturated heterocycles. The second-order valence-electron chi connectivity index (χ2n) is 4.14. The Hall–Kier alpha value is -1.52. The summed E-state index contributed by atoms with van der Waals surface area (Å²) in [4.78, 5) is 5.67. The van der Waals surface area contributed by atoms with Gasteiger partial charge in [-0.2, -0.15) is 0 Å². The number of benzene rings is 1. The first-order valence-corrected chi connectivity index (χ1v) is 7.49. The quantitative estimate of drug-likeness (QED) is 0.846. The third-order valence-electron chi connectivity index (χ3n) is 2.79. The van der Waals surface area contributed by atoms with E-state index >= 15 is 0 Å². The van der Waals surface area contributed by atoms with Crippen LogP contribution >= 0.6 is 11.8 Å². The zero-order valence-corrected chi connectivity index (χ0v) is 12.0. The maximum Gasteiger partial charge on any atom is 0.219 e. The number of ether oxygens (including phenoxy) is 1. The lowest BCUT2D eigenvalue weighted by Gasteiger charge is -2.08. The van der Waals surface area contributed by atoms with Crippen LogP contribution in [0.25, 0.3) is 0 Å². The lowest BCUT2D eigenvalue weighted by atomic mass is 10.2. The molecule has 2 N–H and O–H groups in total. The van der Waals surface area contributed by atoms with Gasteiger partial charge in [0.15, 0.2) is 0 Å². The van der Waals surface area contributed by atoms with Crippen molar-refractivity contribution >= 4 is 11.8 Å². The van der Waals surface area contributed by atoms with Gasteiger partial charge in [0.25, 0.3) is 0 Å². The van der Waals surface area contributed by atoms with Crippen molar-refractivity contribution in [3.8, 4) is 11.6 Å². The van der Waals surface area contributed by atoms with E-state index < -0.39 is 0 Å². The Bertz CT molecular complexity index is 518. The highest BCUT2D eigenvalue weighted by atomic mass is 32.2. The zero-order chi connectivity index (χ0) is 13.7. The van der Waals surface area contributed by atoms with E-state index in [9.17, 15) is 0 Å². The van der Waals surface area contributed by atoms with E-state index in [4.69, 9.17) is 10.5 Å². The molecule has 0 aliphatic heterocycles. The highest BCUT2D eigenvalue weighted by molar-refractivity contribution is 7.98. The number of hydrogen-bond acceptors (Lipinski definition) is 4. The Morgan fingerprint density at radius 3 is 2.53 bits per heavy atom. The number of nitrogens with zero attached hydrogens (tertiary/aromatic N) is 1. The predicted molar refractivity (Wildman–Crippen MR) is 79.8 cm³/mol. The van der Waals surface area contributed by atoms with Gasteiger partial charge in [-0.1, -0.05) is 6.92 Å². The molecule has 0 fully saturated rings. The first-order chi connectivity index (χ1) is 9.25. The molecule has 2 rings (SSSR count). The van der Waals surface area contributed by atoms with Crippen molar-refractivity contribution in [3.63, 3.8) is 0 Å². The number of hydrogen-bond donors (Lipinski definition) is 1. The van der Waals surface area contributed by atoms with Crippen molar-refractivity contribution in [1.82, 2.24) is 4.98 Å². The standard InChI is InChI=1S/C15H18N2OS/c1-3-12-8-11(10-16)9-15(17-12)18-13-4-6-14(19-2)7-5-13/h4-9H,3,10,16H2,1-2H3. The van der Waals surface area contributed by atoms with Crippen LogP contribution < -0.4 is 10.5 Å². The average molecular weight is 274 g/mol. The van der Waals surface area contributed by atoms with Crippen LogP contribution in [0.4, 0.5) is 0 Å². The fourth-order valence-electron chi connectivity index (χ4n) is 1.74. The number of aromatic nitrogens is 1. The van der Waals surface area contributed by atoms with Crippen molar-refractivity contribution in [2.24, 2.45) is 5.73 Å². The summed E-state index contributed by atoms with van der Waals surface area (Å²) in [6.07, 6.45) is 2.92. The zero-order valence-electron chi connectivity index (χ0n) is 11.2. The molecule has 0 amide bonds. The van der Waals surface area contributed by atoms with Crippen molar-refractivity contribution in [1.29, 1.82) is 0 Å². The number of aryl methyl sites for hydroxylation is 1. The Morgan fingerprint density at radius 2 is 1.95 bits per heavy atom. The lowest BCUT2D eigenvalue weighted by Crippen LogP contribution is -2.00. The van der Waals surface area contributed by atoms with Gasteiger partial charge >= 0.3 is 0 Å². The highest BCUT2D eigenvalue weighted by Gasteiger charge is 2.03. The summed E-state index contributed by atoms with van der Waals surface area (Å²) in [5.41, 5.74) is 7.73. The minimum Gasteiger partial charge on any atom is -0.439 e. The molecule has 19 heavy (non-hydrogen) atoms. The van der Waals surface area contributed by atoms with Crippen LogP contribution in [0.15, 0.2) is 41.3 Å².